The van der Waals surface area contributed by atoms with Gasteiger partial charge in [-0.05, 0) is 13.0 Å². The van der Waals surface area contributed by atoms with Crippen LogP contribution in [0.5, 0.6) is 0 Å². The van der Waals surface area contributed by atoms with Gasteiger partial charge in [-0.3, -0.25) is 0 Å². The Morgan fingerprint density at radius 2 is 2.50 bits per heavy atom. The van der Waals surface area contributed by atoms with Crippen LogP contribution in [-0.4, -0.2) is 28.5 Å². The minimum absolute atomic E-state index is 0.569. The van der Waals surface area contributed by atoms with Gasteiger partial charge < -0.3 is 5.32 Å². The first-order valence-corrected chi connectivity index (χ1v) is 6.72. The summed E-state index contributed by atoms with van der Waals surface area (Å²) >= 11 is 3.40. The van der Waals surface area contributed by atoms with E-state index in [0.717, 1.165) is 17.4 Å². The third kappa shape index (κ3) is 4.93. The molecule has 1 atom stereocenters. The van der Waals surface area contributed by atoms with E-state index in [2.05, 4.69) is 29.4 Å². The van der Waals surface area contributed by atoms with Crippen LogP contribution in [0.25, 0.3) is 0 Å². The van der Waals surface area contributed by atoms with E-state index in [-0.39, 0.29) is 0 Å². The van der Waals surface area contributed by atoms with Gasteiger partial charge in [-0.25, -0.2) is 0 Å². The second kappa shape index (κ2) is 7.20. The Morgan fingerprint density at radius 1 is 1.64 bits per heavy atom. The lowest BCUT2D eigenvalue weighted by atomic mass is 10.3. The summed E-state index contributed by atoms with van der Waals surface area (Å²) in [5, 5.41) is 11.8. The molecule has 80 valence electrons. The largest absolute Gasteiger partial charge is 0.316 e. The quantitative estimate of drug-likeness (QED) is 0.577. The van der Waals surface area contributed by atoms with Gasteiger partial charge in [-0.1, -0.05) is 43.4 Å². The van der Waals surface area contributed by atoms with E-state index in [1.807, 2.05) is 0 Å². The molecular weight excluding hydrogens is 214 g/mol. The predicted octanol–water partition coefficient (Wildman–Crippen LogP) is 2.41. The molecule has 0 radical (unpaired) electrons. The molecule has 0 spiro atoms. The summed E-state index contributed by atoms with van der Waals surface area (Å²) in [5.74, 6) is 0. The van der Waals surface area contributed by atoms with Gasteiger partial charge in [0.25, 0.3) is 0 Å². The molecule has 1 heterocycles. The van der Waals surface area contributed by atoms with Crippen LogP contribution in [0.1, 0.15) is 26.7 Å². The van der Waals surface area contributed by atoms with Crippen LogP contribution in [0.3, 0.4) is 0 Å². The Bertz CT molecular complexity index is 226. The third-order valence-corrected chi connectivity index (χ3v) is 3.69. The fourth-order valence-corrected chi connectivity index (χ4v) is 2.80. The van der Waals surface area contributed by atoms with Gasteiger partial charge in [-0.2, -0.15) is 0 Å². The maximum atomic E-state index is 4.00. The van der Waals surface area contributed by atoms with E-state index < -0.39 is 0 Å². The number of rotatable bonds is 7. The summed E-state index contributed by atoms with van der Waals surface area (Å²) in [5.41, 5.74) is 1.78. The van der Waals surface area contributed by atoms with Crippen LogP contribution in [0.2, 0.25) is 0 Å². The zero-order valence-corrected chi connectivity index (χ0v) is 10.3. The number of unbranched alkanes of at least 4 members (excludes halogenated alkanes) is 1. The van der Waals surface area contributed by atoms with E-state index in [1.54, 1.807) is 28.6 Å². The van der Waals surface area contributed by atoms with Crippen LogP contribution >= 0.6 is 23.1 Å². The van der Waals surface area contributed by atoms with Crippen LogP contribution in [0, 0.1) is 0 Å². The Balaban J connectivity index is 2.07. The van der Waals surface area contributed by atoms with Crippen molar-refractivity contribution in [3.8, 4) is 0 Å². The highest BCUT2D eigenvalue weighted by atomic mass is 32.2. The number of thioether (sulfide) groups is 1. The van der Waals surface area contributed by atoms with E-state index in [1.165, 1.54) is 12.8 Å². The van der Waals surface area contributed by atoms with Gasteiger partial charge >= 0.3 is 0 Å². The van der Waals surface area contributed by atoms with Crippen molar-refractivity contribution in [1.29, 1.82) is 0 Å². The highest BCUT2D eigenvalue weighted by Crippen LogP contribution is 2.23. The summed E-state index contributed by atoms with van der Waals surface area (Å²) in [6.07, 6.45) is 2.51. The first-order chi connectivity index (χ1) is 6.83. The van der Waals surface area contributed by atoms with E-state index >= 15 is 0 Å². The fourth-order valence-electron chi connectivity index (χ4n) is 1.04. The second-order valence-electron chi connectivity index (χ2n) is 3.19. The predicted molar refractivity (Wildman–Crippen MR) is 63.0 cm³/mol. The molecule has 14 heavy (non-hydrogen) atoms. The van der Waals surface area contributed by atoms with Crippen molar-refractivity contribution in [2.45, 2.75) is 36.3 Å². The number of hydrogen-bond acceptors (Lipinski definition) is 5. The van der Waals surface area contributed by atoms with Gasteiger partial charge in [0.15, 0.2) is 4.34 Å². The first kappa shape index (κ1) is 11.9. The summed E-state index contributed by atoms with van der Waals surface area (Å²) < 4.78 is 1.06. The Morgan fingerprint density at radius 3 is 3.14 bits per heavy atom. The highest BCUT2D eigenvalue weighted by Gasteiger charge is 2.05. The van der Waals surface area contributed by atoms with Crippen LogP contribution in [0.4, 0.5) is 0 Å². The summed E-state index contributed by atoms with van der Waals surface area (Å²) in [4.78, 5) is 0. The van der Waals surface area contributed by atoms with Gasteiger partial charge in [-0.15, -0.1) is 10.2 Å². The monoisotopic (exact) mass is 231 g/mol. The number of nitrogens with one attached hydrogen (secondary N) is 1. The minimum Gasteiger partial charge on any atom is -0.316 e. The maximum Gasteiger partial charge on any atom is 0.174 e. The van der Waals surface area contributed by atoms with Gasteiger partial charge in [0.1, 0.15) is 5.51 Å². The molecule has 0 amide bonds. The molecule has 0 saturated carbocycles. The van der Waals surface area contributed by atoms with E-state index in [9.17, 15) is 0 Å². The molecule has 0 saturated heterocycles. The van der Waals surface area contributed by atoms with Gasteiger partial charge in [0.05, 0.1) is 0 Å². The van der Waals surface area contributed by atoms with Crippen molar-refractivity contribution in [3.63, 3.8) is 0 Å². The molecule has 0 aliphatic carbocycles. The van der Waals surface area contributed by atoms with Crippen molar-refractivity contribution < 1.29 is 0 Å². The molecule has 1 aromatic rings. The third-order valence-electron chi connectivity index (χ3n) is 1.78. The topological polar surface area (TPSA) is 37.8 Å². The molecule has 3 nitrogen and oxygen atoms in total. The molecule has 1 unspecified atom stereocenters. The molecule has 1 rings (SSSR count). The number of aromatic nitrogens is 2. The maximum absolute atomic E-state index is 4.00. The first-order valence-electron chi connectivity index (χ1n) is 4.96. The minimum atomic E-state index is 0.569. The summed E-state index contributed by atoms with van der Waals surface area (Å²) in [6.45, 7) is 6.59. The molecule has 1 N–H and O–H groups in total. The number of hydrogen-bond donors (Lipinski definition) is 1. The number of nitrogens with zero attached hydrogens (tertiary/aromatic N) is 2. The van der Waals surface area contributed by atoms with Crippen molar-refractivity contribution in [2.24, 2.45) is 0 Å². The lowest BCUT2D eigenvalue weighted by Crippen LogP contribution is -2.23. The molecule has 0 fully saturated rings. The Labute approximate surface area is 93.7 Å². The highest BCUT2D eigenvalue weighted by molar-refractivity contribution is 8.01. The van der Waals surface area contributed by atoms with Crippen molar-refractivity contribution in [3.05, 3.63) is 5.51 Å². The average Bonchev–Trinajstić information content (AvgIpc) is 2.65. The normalized spacial score (nSPS) is 13.0. The molecule has 0 aromatic carbocycles. The lowest BCUT2D eigenvalue weighted by Gasteiger charge is -2.09. The molecular formula is C9H17N3S2. The van der Waals surface area contributed by atoms with Crippen LogP contribution in [-0.2, 0) is 0 Å². The van der Waals surface area contributed by atoms with E-state index in [0.29, 0.717) is 5.25 Å². The Kier molecular flexibility index (Phi) is 6.14. The lowest BCUT2D eigenvalue weighted by molar-refractivity contribution is 0.638. The SMILES string of the molecule is CCCCNCC(C)Sc1nncs1. The fraction of sp³-hybridized carbons (Fsp3) is 0.778. The summed E-state index contributed by atoms with van der Waals surface area (Å²) in [6, 6.07) is 0. The molecule has 0 bridgehead atoms. The van der Waals surface area contributed by atoms with E-state index in [4.69, 9.17) is 0 Å². The summed E-state index contributed by atoms with van der Waals surface area (Å²) in [7, 11) is 0. The van der Waals surface area contributed by atoms with Crippen molar-refractivity contribution in [1.82, 2.24) is 15.5 Å². The van der Waals surface area contributed by atoms with Crippen LogP contribution < -0.4 is 5.32 Å². The standard InChI is InChI=1S/C9H17N3S2/c1-3-4-5-10-6-8(2)14-9-12-11-7-13-9/h7-8,10H,3-6H2,1-2H3. The zero-order valence-electron chi connectivity index (χ0n) is 8.69. The van der Waals surface area contributed by atoms with Crippen molar-refractivity contribution >= 4 is 23.1 Å². The van der Waals surface area contributed by atoms with Gasteiger partial charge in [0, 0.05) is 11.8 Å². The molecule has 1 aromatic heterocycles. The smallest absolute Gasteiger partial charge is 0.174 e. The molecule has 5 heteroatoms. The second-order valence-corrected chi connectivity index (χ2v) is 5.71. The van der Waals surface area contributed by atoms with Crippen molar-refractivity contribution in [2.75, 3.05) is 13.1 Å². The van der Waals surface area contributed by atoms with Crippen LogP contribution in [0.15, 0.2) is 9.85 Å². The average molecular weight is 231 g/mol. The molecule has 0 aliphatic rings. The Hall–Kier alpha value is -0.130. The zero-order chi connectivity index (χ0) is 10.2. The van der Waals surface area contributed by atoms with Gasteiger partial charge in [0.2, 0.25) is 0 Å². The molecule has 0 aliphatic heterocycles.